The van der Waals surface area contributed by atoms with Crippen LogP contribution >= 0.6 is 0 Å². The number of benzene rings is 3. The Balaban J connectivity index is 1.37. The van der Waals surface area contributed by atoms with Gasteiger partial charge in [-0.1, -0.05) is 42.5 Å². The van der Waals surface area contributed by atoms with Gasteiger partial charge in [0.25, 0.3) is 21.8 Å². The second-order valence-electron chi connectivity index (χ2n) is 8.20. The minimum atomic E-state index is -3.97. The zero-order valence-corrected chi connectivity index (χ0v) is 19.0. The zero-order chi connectivity index (χ0) is 24.7. The summed E-state index contributed by atoms with van der Waals surface area (Å²) in [6.07, 6.45) is 0.0481. The van der Waals surface area contributed by atoms with Crippen molar-refractivity contribution in [2.24, 2.45) is 0 Å². The molecule has 1 atom stereocenters. The maximum Gasteiger partial charge on any atom is 0.262 e. The molecule has 35 heavy (non-hydrogen) atoms. The molecule has 2 aliphatic rings. The van der Waals surface area contributed by atoms with E-state index in [0.717, 1.165) is 16.0 Å². The number of amides is 4. The van der Waals surface area contributed by atoms with Gasteiger partial charge in [0.1, 0.15) is 6.04 Å². The van der Waals surface area contributed by atoms with Gasteiger partial charge in [0.15, 0.2) is 0 Å². The number of carbonyl (C=O) groups is 4. The monoisotopic (exact) mass is 489 g/mol. The molecule has 0 saturated carbocycles. The standard InChI is InChI=1S/C25H19N3O6S/c29-22-13-12-21(23(30)26-22)28-24(31)19-11-8-17(14-20(19)25(28)32)27-35(33,34)18-9-6-16(7-10-18)15-4-2-1-3-5-15/h1-11,14,21,27H,12-13H2,(H,26,29,30). The van der Waals surface area contributed by atoms with Crippen LogP contribution in [0.2, 0.25) is 0 Å². The maximum atomic E-state index is 13.0. The number of anilines is 1. The smallest absolute Gasteiger partial charge is 0.262 e. The summed E-state index contributed by atoms with van der Waals surface area (Å²) in [5.41, 5.74) is 1.96. The molecule has 2 heterocycles. The fourth-order valence-corrected chi connectivity index (χ4v) is 5.26. The third-order valence-electron chi connectivity index (χ3n) is 5.96. The van der Waals surface area contributed by atoms with Gasteiger partial charge in [0.2, 0.25) is 11.8 Å². The van der Waals surface area contributed by atoms with E-state index < -0.39 is 39.7 Å². The Morgan fingerprint density at radius 1 is 0.800 bits per heavy atom. The summed E-state index contributed by atoms with van der Waals surface area (Å²) >= 11 is 0. The first-order valence-electron chi connectivity index (χ1n) is 10.8. The first-order valence-corrected chi connectivity index (χ1v) is 12.3. The highest BCUT2D eigenvalue weighted by Crippen LogP contribution is 2.30. The Bertz CT molecular complexity index is 1480. The lowest BCUT2D eigenvalue weighted by atomic mass is 10.0. The first-order chi connectivity index (χ1) is 16.7. The Morgan fingerprint density at radius 3 is 2.14 bits per heavy atom. The fraction of sp³-hybridized carbons (Fsp3) is 0.120. The molecule has 4 amide bonds. The van der Waals surface area contributed by atoms with Crippen molar-refractivity contribution in [3.63, 3.8) is 0 Å². The predicted octanol–water partition coefficient (Wildman–Crippen LogP) is 2.56. The molecule has 5 rings (SSSR count). The highest BCUT2D eigenvalue weighted by molar-refractivity contribution is 7.92. The number of sulfonamides is 1. The van der Waals surface area contributed by atoms with Crippen LogP contribution in [-0.4, -0.2) is 43.0 Å². The molecular weight excluding hydrogens is 470 g/mol. The van der Waals surface area contributed by atoms with Crippen molar-refractivity contribution >= 4 is 39.3 Å². The highest BCUT2D eigenvalue weighted by atomic mass is 32.2. The molecule has 0 spiro atoms. The molecular formula is C25H19N3O6S. The Hall–Kier alpha value is -4.31. The number of piperidine rings is 1. The van der Waals surface area contributed by atoms with Gasteiger partial charge < -0.3 is 0 Å². The van der Waals surface area contributed by atoms with Crippen LogP contribution in [-0.2, 0) is 19.6 Å². The Morgan fingerprint density at radius 2 is 1.46 bits per heavy atom. The van der Waals surface area contributed by atoms with E-state index in [-0.39, 0.29) is 34.6 Å². The van der Waals surface area contributed by atoms with Crippen LogP contribution in [0, 0.1) is 0 Å². The van der Waals surface area contributed by atoms with Crippen LogP contribution in [0.5, 0.6) is 0 Å². The molecule has 2 N–H and O–H groups in total. The van der Waals surface area contributed by atoms with E-state index in [0.29, 0.717) is 0 Å². The second-order valence-corrected chi connectivity index (χ2v) is 9.89. The minimum Gasteiger partial charge on any atom is -0.295 e. The van der Waals surface area contributed by atoms with Gasteiger partial charge in [-0.05, 0) is 47.9 Å². The van der Waals surface area contributed by atoms with E-state index in [2.05, 4.69) is 10.0 Å². The molecule has 1 saturated heterocycles. The number of nitrogens with zero attached hydrogens (tertiary/aromatic N) is 1. The van der Waals surface area contributed by atoms with Gasteiger partial charge in [0, 0.05) is 12.1 Å². The van der Waals surface area contributed by atoms with Gasteiger partial charge >= 0.3 is 0 Å². The number of hydrogen-bond acceptors (Lipinski definition) is 6. The Labute approximate surface area is 200 Å². The van der Waals surface area contributed by atoms with Crippen molar-refractivity contribution in [3.05, 3.63) is 83.9 Å². The number of fused-ring (bicyclic) bond motifs is 1. The van der Waals surface area contributed by atoms with Crippen molar-refractivity contribution in [2.45, 2.75) is 23.8 Å². The third kappa shape index (κ3) is 4.08. The molecule has 0 aromatic heterocycles. The number of nitrogens with one attached hydrogen (secondary N) is 2. The average Bonchev–Trinajstić information content (AvgIpc) is 3.09. The summed E-state index contributed by atoms with van der Waals surface area (Å²) in [5, 5.41) is 2.13. The topological polar surface area (TPSA) is 130 Å². The molecule has 176 valence electrons. The third-order valence-corrected chi connectivity index (χ3v) is 7.36. The summed E-state index contributed by atoms with van der Waals surface area (Å²) in [6, 6.07) is 18.8. The lowest BCUT2D eigenvalue weighted by molar-refractivity contribution is -0.136. The molecule has 0 radical (unpaired) electrons. The fourth-order valence-electron chi connectivity index (χ4n) is 4.21. The van der Waals surface area contributed by atoms with Crippen LogP contribution in [0.1, 0.15) is 33.6 Å². The van der Waals surface area contributed by atoms with Gasteiger partial charge in [-0.15, -0.1) is 0 Å². The molecule has 0 aliphatic carbocycles. The lowest BCUT2D eigenvalue weighted by Gasteiger charge is -2.27. The number of carbonyl (C=O) groups excluding carboxylic acids is 4. The zero-order valence-electron chi connectivity index (χ0n) is 18.2. The van der Waals surface area contributed by atoms with Crippen molar-refractivity contribution in [2.75, 3.05) is 4.72 Å². The van der Waals surface area contributed by atoms with Crippen molar-refractivity contribution in [1.29, 1.82) is 0 Å². The number of hydrogen-bond donors (Lipinski definition) is 2. The maximum absolute atomic E-state index is 13.0. The van der Waals surface area contributed by atoms with Gasteiger partial charge in [-0.2, -0.15) is 0 Å². The van der Waals surface area contributed by atoms with Crippen molar-refractivity contribution in [3.8, 4) is 11.1 Å². The first kappa shape index (κ1) is 22.5. The number of imide groups is 2. The van der Waals surface area contributed by atoms with Crippen molar-refractivity contribution in [1.82, 2.24) is 10.2 Å². The number of rotatable bonds is 5. The highest BCUT2D eigenvalue weighted by Gasteiger charge is 2.44. The Kier molecular flexibility index (Phi) is 5.45. The average molecular weight is 490 g/mol. The van der Waals surface area contributed by atoms with Gasteiger partial charge in [0.05, 0.1) is 16.0 Å². The van der Waals surface area contributed by atoms with Crippen LogP contribution in [0.4, 0.5) is 5.69 Å². The van der Waals surface area contributed by atoms with Crippen LogP contribution in [0.3, 0.4) is 0 Å². The SMILES string of the molecule is O=C1CCC(N2C(=O)c3ccc(NS(=O)(=O)c4ccc(-c5ccccc5)cc4)cc3C2=O)C(=O)N1. The van der Waals surface area contributed by atoms with E-state index in [1.54, 1.807) is 12.1 Å². The van der Waals surface area contributed by atoms with Gasteiger partial charge in [-0.25, -0.2) is 8.42 Å². The summed E-state index contributed by atoms with van der Waals surface area (Å²) in [4.78, 5) is 50.2. The predicted molar refractivity (Wildman–Crippen MR) is 126 cm³/mol. The van der Waals surface area contributed by atoms with Crippen LogP contribution in [0.25, 0.3) is 11.1 Å². The summed E-state index contributed by atoms with van der Waals surface area (Å²) < 4.78 is 28.3. The molecule has 2 aliphatic heterocycles. The molecule has 9 nitrogen and oxygen atoms in total. The quantitative estimate of drug-likeness (QED) is 0.530. The van der Waals surface area contributed by atoms with Gasteiger partial charge in [-0.3, -0.25) is 34.1 Å². The lowest BCUT2D eigenvalue weighted by Crippen LogP contribution is -2.54. The summed E-state index contributed by atoms with van der Waals surface area (Å²) in [5.74, 6) is -2.55. The molecule has 0 bridgehead atoms. The van der Waals surface area contributed by atoms with Crippen LogP contribution < -0.4 is 10.0 Å². The normalized spacial score (nSPS) is 17.8. The van der Waals surface area contributed by atoms with E-state index in [1.807, 2.05) is 30.3 Å². The van der Waals surface area contributed by atoms with E-state index in [1.165, 1.54) is 30.3 Å². The largest absolute Gasteiger partial charge is 0.295 e. The molecule has 1 fully saturated rings. The van der Waals surface area contributed by atoms with E-state index >= 15 is 0 Å². The van der Waals surface area contributed by atoms with Crippen LogP contribution in [0.15, 0.2) is 77.7 Å². The molecule has 3 aromatic carbocycles. The minimum absolute atomic E-state index is 0.0118. The van der Waals surface area contributed by atoms with E-state index in [9.17, 15) is 27.6 Å². The van der Waals surface area contributed by atoms with E-state index in [4.69, 9.17) is 0 Å². The summed E-state index contributed by atoms with van der Waals surface area (Å²) in [7, 11) is -3.97. The molecule has 1 unspecified atom stereocenters. The summed E-state index contributed by atoms with van der Waals surface area (Å²) in [6.45, 7) is 0. The molecule has 10 heteroatoms. The second kappa shape index (κ2) is 8.48. The molecule has 3 aromatic rings. The van der Waals surface area contributed by atoms with Crippen molar-refractivity contribution < 1.29 is 27.6 Å².